The van der Waals surface area contributed by atoms with Crippen LogP contribution in [0.3, 0.4) is 0 Å². The van der Waals surface area contributed by atoms with Crippen molar-refractivity contribution in [3.05, 3.63) is 56.2 Å². The number of aryl methyl sites for hydroxylation is 1. The summed E-state index contributed by atoms with van der Waals surface area (Å²) in [5.74, 6) is 0.285. The number of carbonyl (C=O) groups excluding carboxylic acids is 1. The lowest BCUT2D eigenvalue weighted by Gasteiger charge is -2.14. The van der Waals surface area contributed by atoms with Gasteiger partial charge in [-0.3, -0.25) is 4.79 Å². The Hall–Kier alpha value is -0.930. The molecule has 0 amide bonds. The molecule has 3 rings (SSSR count). The summed E-state index contributed by atoms with van der Waals surface area (Å²) in [6, 6.07) is 12.1. The second-order valence-electron chi connectivity index (χ2n) is 4.80. The van der Waals surface area contributed by atoms with Crippen molar-refractivity contribution in [3.63, 3.8) is 0 Å². The van der Waals surface area contributed by atoms with Gasteiger partial charge in [-0.1, -0.05) is 30.3 Å². The van der Waals surface area contributed by atoms with Crippen LogP contribution in [0.2, 0.25) is 0 Å². The van der Waals surface area contributed by atoms with E-state index in [0.29, 0.717) is 0 Å². The van der Waals surface area contributed by atoms with Crippen molar-refractivity contribution in [1.82, 2.24) is 0 Å². The van der Waals surface area contributed by atoms with Crippen LogP contribution in [0.1, 0.15) is 33.6 Å². The summed E-state index contributed by atoms with van der Waals surface area (Å²) < 4.78 is 1.03. The van der Waals surface area contributed by atoms with E-state index in [1.165, 1.54) is 0 Å². The number of Topliss-reactive ketones (excluding diaryl/α,β-unsaturated/α-hetero) is 1. The van der Waals surface area contributed by atoms with E-state index in [9.17, 15) is 4.79 Å². The standard InChI is InChI=1S/C15H13BrOS/c1-10-12(9-13(16)18-10)14(17)15(7-8-15)11-5-3-2-4-6-11/h2-6,9H,7-8H2,1H3. The molecule has 0 bridgehead atoms. The molecule has 92 valence electrons. The third kappa shape index (κ3) is 1.86. The number of halogens is 1. The van der Waals surface area contributed by atoms with Crippen molar-refractivity contribution in [2.75, 3.05) is 0 Å². The minimum Gasteiger partial charge on any atom is -0.293 e. The normalized spacial score (nSPS) is 16.6. The van der Waals surface area contributed by atoms with Gasteiger partial charge >= 0.3 is 0 Å². The van der Waals surface area contributed by atoms with Crippen LogP contribution in [0.25, 0.3) is 0 Å². The maximum absolute atomic E-state index is 12.7. The fourth-order valence-electron chi connectivity index (χ4n) is 2.46. The lowest BCUT2D eigenvalue weighted by Crippen LogP contribution is -2.20. The van der Waals surface area contributed by atoms with Gasteiger partial charge in [-0.05, 0) is 47.3 Å². The molecule has 0 radical (unpaired) electrons. The van der Waals surface area contributed by atoms with Gasteiger partial charge in [0.05, 0.1) is 9.20 Å². The van der Waals surface area contributed by atoms with Gasteiger partial charge in [-0.25, -0.2) is 0 Å². The van der Waals surface area contributed by atoms with Crippen LogP contribution in [0, 0.1) is 6.92 Å². The van der Waals surface area contributed by atoms with Gasteiger partial charge in [0.2, 0.25) is 0 Å². The van der Waals surface area contributed by atoms with E-state index in [4.69, 9.17) is 0 Å². The Labute approximate surface area is 119 Å². The van der Waals surface area contributed by atoms with E-state index < -0.39 is 0 Å². The molecule has 0 aliphatic heterocycles. The Morgan fingerprint density at radius 2 is 1.94 bits per heavy atom. The fourth-order valence-corrected chi connectivity index (χ4v) is 4.15. The van der Waals surface area contributed by atoms with E-state index in [1.54, 1.807) is 11.3 Å². The first-order chi connectivity index (χ1) is 8.63. The van der Waals surface area contributed by atoms with Gasteiger partial charge in [-0.2, -0.15) is 0 Å². The number of thiophene rings is 1. The van der Waals surface area contributed by atoms with Gasteiger partial charge in [0.15, 0.2) is 5.78 Å². The summed E-state index contributed by atoms with van der Waals surface area (Å²) in [6.07, 6.45) is 1.95. The Bertz CT molecular complexity index is 596. The molecule has 2 aromatic rings. The second kappa shape index (κ2) is 4.32. The molecular formula is C15H13BrOS. The highest BCUT2D eigenvalue weighted by atomic mass is 79.9. The van der Waals surface area contributed by atoms with E-state index in [0.717, 1.165) is 32.6 Å². The number of benzene rings is 1. The minimum atomic E-state index is -0.244. The topological polar surface area (TPSA) is 17.1 Å². The number of rotatable bonds is 3. The number of hydrogen-bond acceptors (Lipinski definition) is 2. The van der Waals surface area contributed by atoms with Crippen molar-refractivity contribution >= 4 is 33.0 Å². The van der Waals surface area contributed by atoms with Gasteiger partial charge < -0.3 is 0 Å². The zero-order valence-corrected chi connectivity index (χ0v) is 12.5. The lowest BCUT2D eigenvalue weighted by molar-refractivity contribution is 0.0946. The zero-order valence-electron chi connectivity index (χ0n) is 10.1. The largest absolute Gasteiger partial charge is 0.293 e. The summed E-state index contributed by atoms with van der Waals surface area (Å²) in [4.78, 5) is 13.9. The van der Waals surface area contributed by atoms with Crippen LogP contribution in [-0.4, -0.2) is 5.78 Å². The van der Waals surface area contributed by atoms with Crippen molar-refractivity contribution in [2.24, 2.45) is 0 Å². The SMILES string of the molecule is Cc1sc(Br)cc1C(=O)C1(c2ccccc2)CC1. The predicted octanol–water partition coefficient (Wildman–Crippen LogP) is 4.73. The van der Waals surface area contributed by atoms with E-state index in [2.05, 4.69) is 28.1 Å². The van der Waals surface area contributed by atoms with Gasteiger partial charge in [-0.15, -0.1) is 11.3 Å². The molecule has 1 nitrogen and oxygen atoms in total. The zero-order chi connectivity index (χ0) is 12.8. The summed E-state index contributed by atoms with van der Waals surface area (Å²) in [5.41, 5.74) is 1.80. The maximum atomic E-state index is 12.7. The molecule has 1 aromatic carbocycles. The molecule has 1 aliphatic carbocycles. The third-order valence-corrected chi connectivity index (χ3v) is 5.20. The van der Waals surface area contributed by atoms with Crippen molar-refractivity contribution in [2.45, 2.75) is 25.2 Å². The molecule has 0 unspecified atom stereocenters. The molecule has 1 aromatic heterocycles. The Balaban J connectivity index is 2.01. The fraction of sp³-hybridized carbons (Fsp3) is 0.267. The molecule has 18 heavy (non-hydrogen) atoms. The molecule has 1 fully saturated rings. The van der Waals surface area contributed by atoms with Crippen LogP contribution in [0.4, 0.5) is 0 Å². The monoisotopic (exact) mass is 320 g/mol. The van der Waals surface area contributed by atoms with Crippen LogP contribution >= 0.6 is 27.3 Å². The van der Waals surface area contributed by atoms with Gasteiger partial charge in [0.1, 0.15) is 0 Å². The van der Waals surface area contributed by atoms with Gasteiger partial charge in [0, 0.05) is 10.4 Å². The Morgan fingerprint density at radius 3 is 2.44 bits per heavy atom. The average Bonchev–Trinajstić information content (AvgIpc) is 3.11. The first-order valence-corrected chi connectivity index (χ1v) is 7.61. The molecule has 1 heterocycles. The summed E-state index contributed by atoms with van der Waals surface area (Å²) in [6.45, 7) is 2.02. The Kier molecular flexibility index (Phi) is 2.91. The van der Waals surface area contributed by atoms with Crippen LogP contribution in [0.5, 0.6) is 0 Å². The summed E-state index contributed by atoms with van der Waals surface area (Å²) in [7, 11) is 0. The highest BCUT2D eigenvalue weighted by molar-refractivity contribution is 9.11. The van der Waals surface area contributed by atoms with Crippen molar-refractivity contribution < 1.29 is 4.79 Å². The highest BCUT2D eigenvalue weighted by Crippen LogP contribution is 2.51. The first kappa shape index (κ1) is 12.1. The lowest BCUT2D eigenvalue weighted by atomic mass is 9.88. The number of hydrogen-bond donors (Lipinski definition) is 0. The first-order valence-electron chi connectivity index (χ1n) is 6.00. The predicted molar refractivity (Wildman–Crippen MR) is 78.4 cm³/mol. The molecular weight excluding hydrogens is 308 g/mol. The molecule has 3 heteroatoms. The summed E-state index contributed by atoms with van der Waals surface area (Å²) >= 11 is 5.09. The molecule has 0 N–H and O–H groups in total. The molecule has 1 saturated carbocycles. The smallest absolute Gasteiger partial charge is 0.174 e. The highest BCUT2D eigenvalue weighted by Gasteiger charge is 2.51. The quantitative estimate of drug-likeness (QED) is 0.747. The second-order valence-corrected chi connectivity index (χ2v) is 7.43. The van der Waals surface area contributed by atoms with Crippen LogP contribution < -0.4 is 0 Å². The number of carbonyl (C=O) groups is 1. The summed E-state index contributed by atoms with van der Waals surface area (Å²) in [5, 5.41) is 0. The molecule has 1 aliphatic rings. The maximum Gasteiger partial charge on any atom is 0.174 e. The molecule has 0 spiro atoms. The number of ketones is 1. The van der Waals surface area contributed by atoms with E-state index >= 15 is 0 Å². The third-order valence-electron chi connectivity index (χ3n) is 3.64. The van der Waals surface area contributed by atoms with Crippen molar-refractivity contribution in [3.8, 4) is 0 Å². The van der Waals surface area contributed by atoms with E-state index in [1.807, 2.05) is 31.2 Å². The van der Waals surface area contributed by atoms with Gasteiger partial charge in [0.25, 0.3) is 0 Å². The Morgan fingerprint density at radius 1 is 1.28 bits per heavy atom. The van der Waals surface area contributed by atoms with Crippen LogP contribution in [-0.2, 0) is 5.41 Å². The van der Waals surface area contributed by atoms with E-state index in [-0.39, 0.29) is 11.2 Å². The van der Waals surface area contributed by atoms with Crippen LogP contribution in [0.15, 0.2) is 40.2 Å². The average molecular weight is 321 g/mol. The molecule has 0 atom stereocenters. The molecule has 0 saturated heterocycles. The van der Waals surface area contributed by atoms with Crippen molar-refractivity contribution in [1.29, 1.82) is 0 Å². The minimum absolute atomic E-state index is 0.244.